The predicted octanol–water partition coefficient (Wildman–Crippen LogP) is 6.23. The topological polar surface area (TPSA) is 58.6 Å². The number of aryl methyl sites for hydroxylation is 1. The summed E-state index contributed by atoms with van der Waals surface area (Å²) in [5.41, 5.74) is 3.02. The Bertz CT molecular complexity index is 1180. The molecule has 2 amide bonds. The first kappa shape index (κ1) is 26.9. The monoisotopic (exact) mass is 562 g/mol. The summed E-state index contributed by atoms with van der Waals surface area (Å²) in [6.07, 6.45) is 5.87. The summed E-state index contributed by atoms with van der Waals surface area (Å²) in [4.78, 5) is 29.2. The second-order valence-corrected chi connectivity index (χ2v) is 10.7. The van der Waals surface area contributed by atoms with Crippen LogP contribution in [-0.2, 0) is 22.6 Å². The lowest BCUT2D eigenvalue weighted by molar-refractivity contribution is -0.143. The van der Waals surface area contributed by atoms with Crippen LogP contribution in [0, 0.1) is 6.92 Å². The third-order valence-electron chi connectivity index (χ3n) is 6.82. The Morgan fingerprint density at radius 2 is 1.68 bits per heavy atom. The minimum absolute atomic E-state index is 0.102. The number of ether oxygens (including phenoxy) is 1. The molecule has 1 unspecified atom stereocenters. The smallest absolute Gasteiger partial charge is 0.261 e. The minimum Gasteiger partial charge on any atom is -0.484 e. The van der Waals surface area contributed by atoms with Gasteiger partial charge in [-0.2, -0.15) is 0 Å². The van der Waals surface area contributed by atoms with E-state index in [1.807, 2.05) is 85.8 Å². The summed E-state index contributed by atoms with van der Waals surface area (Å²) >= 11 is 3.54. The summed E-state index contributed by atoms with van der Waals surface area (Å²) in [6, 6.07) is 24.9. The summed E-state index contributed by atoms with van der Waals surface area (Å²) in [5.74, 6) is 0.317. The fourth-order valence-corrected chi connectivity index (χ4v) is 5.31. The van der Waals surface area contributed by atoms with Crippen LogP contribution in [-0.4, -0.2) is 35.4 Å². The quantitative estimate of drug-likeness (QED) is 0.319. The number of halogens is 1. The molecule has 1 aliphatic carbocycles. The van der Waals surface area contributed by atoms with Crippen molar-refractivity contribution in [3.63, 3.8) is 0 Å². The molecule has 3 aromatic rings. The molecule has 0 aromatic heterocycles. The van der Waals surface area contributed by atoms with Gasteiger partial charge in [0.05, 0.1) is 0 Å². The molecule has 1 N–H and O–H groups in total. The van der Waals surface area contributed by atoms with Gasteiger partial charge in [0.1, 0.15) is 11.8 Å². The zero-order chi connectivity index (χ0) is 26.0. The Morgan fingerprint density at radius 1 is 0.946 bits per heavy atom. The van der Waals surface area contributed by atoms with Gasteiger partial charge in [0, 0.05) is 23.5 Å². The van der Waals surface area contributed by atoms with Gasteiger partial charge in [-0.1, -0.05) is 89.8 Å². The van der Waals surface area contributed by atoms with Gasteiger partial charge in [-0.15, -0.1) is 0 Å². The number of rotatable bonds is 10. The van der Waals surface area contributed by atoms with Gasteiger partial charge in [-0.05, 0) is 60.7 Å². The molecule has 1 saturated carbocycles. The maximum absolute atomic E-state index is 13.8. The highest BCUT2D eigenvalue weighted by Crippen LogP contribution is 2.21. The Labute approximate surface area is 228 Å². The van der Waals surface area contributed by atoms with Crippen molar-refractivity contribution < 1.29 is 14.3 Å². The third-order valence-corrected chi connectivity index (χ3v) is 7.31. The van der Waals surface area contributed by atoms with E-state index in [0.29, 0.717) is 18.7 Å². The maximum atomic E-state index is 13.8. The minimum atomic E-state index is -0.656. The lowest BCUT2D eigenvalue weighted by Gasteiger charge is -2.33. The van der Waals surface area contributed by atoms with Crippen LogP contribution in [0.5, 0.6) is 5.75 Å². The Hall–Kier alpha value is -3.12. The number of hydrogen-bond acceptors (Lipinski definition) is 3. The normalized spacial score (nSPS) is 14.5. The molecule has 0 aliphatic heterocycles. The zero-order valence-corrected chi connectivity index (χ0v) is 23.0. The van der Waals surface area contributed by atoms with Crippen LogP contribution in [0.15, 0.2) is 83.3 Å². The van der Waals surface area contributed by atoms with Crippen LogP contribution in [0.4, 0.5) is 0 Å². The van der Waals surface area contributed by atoms with Gasteiger partial charge >= 0.3 is 0 Å². The molecule has 5 nitrogen and oxygen atoms in total. The summed E-state index contributed by atoms with van der Waals surface area (Å²) in [5, 5.41) is 3.27. The van der Waals surface area contributed by atoms with E-state index in [9.17, 15) is 9.59 Å². The van der Waals surface area contributed by atoms with E-state index < -0.39 is 6.04 Å². The Morgan fingerprint density at radius 3 is 2.41 bits per heavy atom. The van der Waals surface area contributed by atoms with E-state index in [0.717, 1.165) is 46.8 Å². The van der Waals surface area contributed by atoms with Crippen LogP contribution in [0.3, 0.4) is 0 Å². The van der Waals surface area contributed by atoms with Gasteiger partial charge in [0.15, 0.2) is 6.61 Å². The van der Waals surface area contributed by atoms with Gasteiger partial charge in [0.2, 0.25) is 5.91 Å². The predicted molar refractivity (Wildman–Crippen MR) is 150 cm³/mol. The number of nitrogens with zero attached hydrogens (tertiary/aromatic N) is 1. The molecule has 37 heavy (non-hydrogen) atoms. The first-order valence-corrected chi connectivity index (χ1v) is 13.8. The van der Waals surface area contributed by atoms with Crippen molar-refractivity contribution in [3.8, 4) is 5.75 Å². The standard InChI is InChI=1S/C31H35BrN2O3/c1-23-10-8-17-28(18-23)37-22-30(35)34(21-25-13-9-14-26(32)19-25)29(20-24-11-4-2-5-12-24)31(36)33-27-15-6-3-7-16-27/h2,4-5,8-14,17-19,27,29H,3,6-7,15-16,20-22H2,1H3,(H,33,36). The second kappa shape index (κ2) is 13.4. The summed E-state index contributed by atoms with van der Waals surface area (Å²) in [6.45, 7) is 2.16. The van der Waals surface area contributed by atoms with Crippen molar-refractivity contribution in [1.82, 2.24) is 10.2 Å². The average molecular weight is 564 g/mol. The summed E-state index contributed by atoms with van der Waals surface area (Å²) < 4.78 is 6.82. The Kier molecular flexibility index (Phi) is 9.78. The third kappa shape index (κ3) is 8.19. The van der Waals surface area contributed by atoms with Gasteiger partial charge in [-0.25, -0.2) is 0 Å². The van der Waals surface area contributed by atoms with Crippen molar-refractivity contribution in [1.29, 1.82) is 0 Å². The van der Waals surface area contributed by atoms with E-state index in [-0.39, 0.29) is 24.5 Å². The van der Waals surface area contributed by atoms with Crippen LogP contribution in [0.25, 0.3) is 0 Å². The molecule has 0 saturated heterocycles. The fourth-order valence-electron chi connectivity index (χ4n) is 4.86. The van der Waals surface area contributed by atoms with Crippen molar-refractivity contribution in [2.75, 3.05) is 6.61 Å². The van der Waals surface area contributed by atoms with E-state index in [1.165, 1.54) is 6.42 Å². The SMILES string of the molecule is Cc1cccc(OCC(=O)N(Cc2cccc(Br)c2)C(Cc2ccccc2)C(=O)NC2CCCCC2)c1. The van der Waals surface area contributed by atoms with E-state index in [1.54, 1.807) is 4.90 Å². The fraction of sp³-hybridized carbons (Fsp3) is 0.355. The molecular weight excluding hydrogens is 528 g/mol. The van der Waals surface area contributed by atoms with E-state index in [4.69, 9.17) is 4.74 Å². The van der Waals surface area contributed by atoms with Gasteiger partial charge in [-0.3, -0.25) is 9.59 Å². The van der Waals surface area contributed by atoms with Gasteiger partial charge < -0.3 is 15.0 Å². The molecule has 1 atom stereocenters. The van der Waals surface area contributed by atoms with Crippen LogP contribution >= 0.6 is 15.9 Å². The number of carbonyl (C=O) groups is 2. The molecule has 0 spiro atoms. The molecule has 0 radical (unpaired) electrons. The van der Waals surface area contributed by atoms with Gasteiger partial charge in [0.25, 0.3) is 5.91 Å². The van der Waals surface area contributed by atoms with Crippen molar-refractivity contribution >= 4 is 27.7 Å². The second-order valence-electron chi connectivity index (χ2n) is 9.81. The highest BCUT2D eigenvalue weighted by atomic mass is 79.9. The first-order valence-electron chi connectivity index (χ1n) is 13.1. The highest BCUT2D eigenvalue weighted by Gasteiger charge is 2.32. The molecule has 0 bridgehead atoms. The molecule has 4 rings (SSSR count). The summed E-state index contributed by atoms with van der Waals surface area (Å²) in [7, 11) is 0. The van der Waals surface area contributed by atoms with Crippen LogP contribution in [0.1, 0.15) is 48.8 Å². The zero-order valence-electron chi connectivity index (χ0n) is 21.4. The first-order chi connectivity index (χ1) is 18.0. The largest absolute Gasteiger partial charge is 0.484 e. The number of hydrogen-bond donors (Lipinski definition) is 1. The van der Waals surface area contributed by atoms with Crippen LogP contribution < -0.4 is 10.1 Å². The lowest BCUT2D eigenvalue weighted by Crippen LogP contribution is -2.53. The number of carbonyl (C=O) groups excluding carboxylic acids is 2. The van der Waals surface area contributed by atoms with Crippen molar-refractivity contribution in [3.05, 3.63) is 100 Å². The molecule has 1 aliphatic rings. The molecule has 1 fully saturated rings. The number of amides is 2. The molecule has 3 aromatic carbocycles. The average Bonchev–Trinajstić information content (AvgIpc) is 2.90. The molecule has 194 valence electrons. The van der Waals surface area contributed by atoms with Crippen LogP contribution in [0.2, 0.25) is 0 Å². The molecular formula is C31H35BrN2O3. The molecule has 6 heteroatoms. The number of nitrogens with one attached hydrogen (secondary N) is 1. The lowest BCUT2D eigenvalue weighted by atomic mass is 9.94. The number of benzene rings is 3. The van der Waals surface area contributed by atoms with E-state index in [2.05, 4.69) is 21.2 Å². The Balaban J connectivity index is 1.61. The molecule has 0 heterocycles. The van der Waals surface area contributed by atoms with Crippen molar-refractivity contribution in [2.45, 2.75) is 64.1 Å². The maximum Gasteiger partial charge on any atom is 0.261 e. The highest BCUT2D eigenvalue weighted by molar-refractivity contribution is 9.10. The van der Waals surface area contributed by atoms with E-state index >= 15 is 0 Å². The van der Waals surface area contributed by atoms with Crippen molar-refractivity contribution in [2.24, 2.45) is 0 Å².